The smallest absolute Gasteiger partial charge is 0.231 e. The number of furan rings is 1. The monoisotopic (exact) mass is 466 g/mol. The third-order valence-corrected chi connectivity index (χ3v) is 6.18. The Morgan fingerprint density at radius 2 is 1.85 bits per heavy atom. The normalized spacial score (nSPS) is 16.0. The van der Waals surface area contributed by atoms with Crippen molar-refractivity contribution in [2.75, 3.05) is 23.4 Å². The lowest BCUT2D eigenvalue weighted by Crippen LogP contribution is -2.33. The molecule has 0 radical (unpaired) electrons. The number of nitrogens with zero attached hydrogens (tertiary/aromatic N) is 5. The lowest BCUT2D eigenvalue weighted by atomic mass is 10.0. The first-order valence-corrected chi connectivity index (χ1v) is 11.1. The van der Waals surface area contributed by atoms with Crippen molar-refractivity contribution in [3.63, 3.8) is 0 Å². The minimum absolute atomic E-state index is 0.0152. The molecule has 1 aliphatic rings. The second-order valence-electron chi connectivity index (χ2n) is 8.19. The molecule has 11 heteroatoms. The summed E-state index contributed by atoms with van der Waals surface area (Å²) in [6.07, 6.45) is 6.75. The van der Waals surface area contributed by atoms with E-state index in [9.17, 15) is 20.4 Å². The highest BCUT2D eigenvalue weighted by atomic mass is 16.3. The second kappa shape index (κ2) is 9.39. The summed E-state index contributed by atoms with van der Waals surface area (Å²) < 4.78 is 7.37. The molecule has 0 aliphatic carbocycles. The van der Waals surface area contributed by atoms with Crippen LogP contribution in [0.15, 0.2) is 41.4 Å². The highest BCUT2D eigenvalue weighted by Gasteiger charge is 2.28. The van der Waals surface area contributed by atoms with E-state index in [-0.39, 0.29) is 32.5 Å². The van der Waals surface area contributed by atoms with Gasteiger partial charge in [-0.15, -0.1) is 0 Å². The zero-order valence-corrected chi connectivity index (χ0v) is 18.4. The molecule has 1 fully saturated rings. The van der Waals surface area contributed by atoms with Gasteiger partial charge in [-0.05, 0) is 41.7 Å². The first-order valence-electron chi connectivity index (χ1n) is 11.1. The first-order chi connectivity index (χ1) is 16.6. The van der Waals surface area contributed by atoms with E-state index in [0.717, 1.165) is 19.4 Å². The SMILES string of the molecule is OCc1cc(-n2cnc(Nc3nc(N4CCC[C@H]4CO)c4occc4n3)c2)cc(CO)c1CO. The molecule has 0 saturated carbocycles. The molecule has 178 valence electrons. The van der Waals surface area contributed by atoms with Gasteiger partial charge in [0.2, 0.25) is 5.95 Å². The summed E-state index contributed by atoms with van der Waals surface area (Å²) in [5.41, 5.74) is 3.50. The number of anilines is 3. The molecule has 0 unspecified atom stereocenters. The van der Waals surface area contributed by atoms with E-state index in [4.69, 9.17) is 4.42 Å². The average Bonchev–Trinajstić information content (AvgIpc) is 3.63. The maximum absolute atomic E-state index is 9.75. The van der Waals surface area contributed by atoms with E-state index in [0.29, 0.717) is 51.1 Å². The third-order valence-electron chi connectivity index (χ3n) is 6.18. The molecule has 0 bridgehead atoms. The Hall–Kier alpha value is -3.51. The van der Waals surface area contributed by atoms with Crippen molar-refractivity contribution < 1.29 is 24.8 Å². The van der Waals surface area contributed by atoms with Gasteiger partial charge in [0.15, 0.2) is 17.2 Å². The predicted molar refractivity (Wildman–Crippen MR) is 124 cm³/mol. The van der Waals surface area contributed by atoms with Crippen molar-refractivity contribution >= 4 is 28.7 Å². The highest BCUT2D eigenvalue weighted by Crippen LogP contribution is 2.32. The van der Waals surface area contributed by atoms with Gasteiger partial charge in [-0.2, -0.15) is 4.98 Å². The van der Waals surface area contributed by atoms with Gasteiger partial charge in [-0.25, -0.2) is 9.97 Å². The van der Waals surface area contributed by atoms with E-state index >= 15 is 0 Å². The Morgan fingerprint density at radius 3 is 2.56 bits per heavy atom. The average molecular weight is 466 g/mol. The summed E-state index contributed by atoms with van der Waals surface area (Å²) in [7, 11) is 0. The van der Waals surface area contributed by atoms with Crippen LogP contribution < -0.4 is 10.2 Å². The number of aromatic nitrogens is 4. The Balaban J connectivity index is 1.46. The van der Waals surface area contributed by atoms with Crippen LogP contribution in [0.25, 0.3) is 16.8 Å². The Bertz CT molecular complexity index is 1280. The van der Waals surface area contributed by atoms with Crippen LogP contribution >= 0.6 is 0 Å². The van der Waals surface area contributed by atoms with Gasteiger partial charge in [0.1, 0.15) is 11.8 Å². The summed E-state index contributed by atoms with van der Waals surface area (Å²) in [4.78, 5) is 15.6. The number of imidazole rings is 1. The van der Waals surface area contributed by atoms with E-state index in [1.165, 1.54) is 0 Å². The zero-order valence-electron chi connectivity index (χ0n) is 18.4. The number of hydrogen-bond donors (Lipinski definition) is 5. The van der Waals surface area contributed by atoms with Gasteiger partial charge in [-0.3, -0.25) is 0 Å². The summed E-state index contributed by atoms with van der Waals surface area (Å²) in [5.74, 6) is 1.48. The summed E-state index contributed by atoms with van der Waals surface area (Å²) in [6.45, 7) is 0.0238. The van der Waals surface area contributed by atoms with Crippen LogP contribution in [-0.2, 0) is 19.8 Å². The minimum atomic E-state index is -0.271. The number of nitrogens with one attached hydrogen (secondary N) is 1. The highest BCUT2D eigenvalue weighted by molar-refractivity contribution is 5.86. The van der Waals surface area contributed by atoms with Crippen LogP contribution in [0.5, 0.6) is 0 Å². The number of fused-ring (bicyclic) bond motifs is 1. The number of rotatable bonds is 8. The fourth-order valence-corrected chi connectivity index (χ4v) is 4.46. The van der Waals surface area contributed by atoms with Gasteiger partial charge >= 0.3 is 0 Å². The number of hydrogen-bond acceptors (Lipinski definition) is 10. The summed E-state index contributed by atoms with van der Waals surface area (Å²) in [5, 5.41) is 41.9. The van der Waals surface area contributed by atoms with Gasteiger partial charge in [-0.1, -0.05) is 0 Å². The summed E-state index contributed by atoms with van der Waals surface area (Å²) in [6, 6.07) is 5.23. The maximum atomic E-state index is 9.75. The van der Waals surface area contributed by atoms with E-state index in [2.05, 4.69) is 20.3 Å². The van der Waals surface area contributed by atoms with E-state index in [1.807, 2.05) is 4.90 Å². The topological polar surface area (TPSA) is 153 Å². The van der Waals surface area contributed by atoms with Crippen molar-refractivity contribution in [3.05, 3.63) is 53.7 Å². The predicted octanol–water partition coefficient (Wildman–Crippen LogP) is 1.59. The molecule has 4 aromatic rings. The number of aliphatic hydroxyl groups excluding tert-OH is 4. The summed E-state index contributed by atoms with van der Waals surface area (Å²) >= 11 is 0. The molecule has 4 heterocycles. The van der Waals surface area contributed by atoms with Crippen molar-refractivity contribution in [1.29, 1.82) is 0 Å². The molecule has 3 aromatic heterocycles. The molecular weight excluding hydrogens is 440 g/mol. The van der Waals surface area contributed by atoms with Crippen LogP contribution in [0.2, 0.25) is 0 Å². The van der Waals surface area contributed by atoms with Crippen LogP contribution in [-0.4, -0.2) is 59.1 Å². The van der Waals surface area contributed by atoms with Crippen molar-refractivity contribution in [2.45, 2.75) is 38.7 Å². The largest absolute Gasteiger partial charge is 0.459 e. The molecule has 5 rings (SSSR count). The molecule has 1 saturated heterocycles. The minimum Gasteiger partial charge on any atom is -0.459 e. The molecule has 0 spiro atoms. The van der Waals surface area contributed by atoms with Crippen LogP contribution in [0, 0.1) is 0 Å². The lowest BCUT2D eigenvalue weighted by Gasteiger charge is -2.24. The Kier molecular flexibility index (Phi) is 6.16. The van der Waals surface area contributed by atoms with E-state index < -0.39 is 0 Å². The Labute approximate surface area is 194 Å². The molecule has 0 amide bonds. The molecule has 1 aliphatic heterocycles. The fourth-order valence-electron chi connectivity index (χ4n) is 4.46. The molecule has 11 nitrogen and oxygen atoms in total. The van der Waals surface area contributed by atoms with E-state index in [1.54, 1.807) is 41.6 Å². The molecular formula is C23H26N6O5. The van der Waals surface area contributed by atoms with Gasteiger partial charge in [0, 0.05) is 18.3 Å². The van der Waals surface area contributed by atoms with Gasteiger partial charge in [0.25, 0.3) is 0 Å². The van der Waals surface area contributed by atoms with Gasteiger partial charge < -0.3 is 39.6 Å². The standard InChI is InChI=1S/C23H26N6O5/c30-9-14-6-17(7-15(10-31)18(14)12-33)28-8-20(24-13-28)26-23-25-19-3-5-34-21(19)22(27-23)29-4-1-2-16(29)11-32/h3,5-8,13,16,30-33H,1-2,4,9-12H2,(H,25,26,27)/t16-/m0/s1. The van der Waals surface area contributed by atoms with Crippen molar-refractivity contribution in [1.82, 2.24) is 19.5 Å². The van der Waals surface area contributed by atoms with Crippen LogP contribution in [0.1, 0.15) is 29.5 Å². The molecule has 1 aromatic carbocycles. The molecule has 1 atom stereocenters. The quantitative estimate of drug-likeness (QED) is 0.259. The third kappa shape index (κ3) is 3.99. The zero-order chi connectivity index (χ0) is 23.7. The van der Waals surface area contributed by atoms with Gasteiger partial charge in [0.05, 0.1) is 44.9 Å². The lowest BCUT2D eigenvalue weighted by molar-refractivity contribution is 0.247. The molecule has 34 heavy (non-hydrogen) atoms. The number of aliphatic hydroxyl groups is 4. The second-order valence-corrected chi connectivity index (χ2v) is 8.19. The first kappa shape index (κ1) is 22.3. The van der Waals surface area contributed by atoms with Crippen LogP contribution in [0.4, 0.5) is 17.6 Å². The Morgan fingerprint density at radius 1 is 1.06 bits per heavy atom. The fraction of sp³-hybridized carbons (Fsp3) is 0.348. The molecule has 5 N–H and O–H groups in total. The number of benzene rings is 1. The van der Waals surface area contributed by atoms with Crippen LogP contribution in [0.3, 0.4) is 0 Å². The van der Waals surface area contributed by atoms with Crippen molar-refractivity contribution in [3.8, 4) is 5.69 Å². The van der Waals surface area contributed by atoms with Crippen molar-refractivity contribution in [2.24, 2.45) is 0 Å². The maximum Gasteiger partial charge on any atom is 0.231 e.